The van der Waals surface area contributed by atoms with Crippen LogP contribution in [0.4, 0.5) is 0 Å². The van der Waals surface area contributed by atoms with Crippen LogP contribution in [0.3, 0.4) is 0 Å². The van der Waals surface area contributed by atoms with E-state index in [0.29, 0.717) is 5.88 Å². The molecule has 0 fully saturated rings. The molecular weight excluding hydrogens is 208 g/mol. The van der Waals surface area contributed by atoms with E-state index in [1.807, 2.05) is 18.2 Å². The van der Waals surface area contributed by atoms with Gasteiger partial charge >= 0.3 is 0 Å². The number of furan rings is 1. The Morgan fingerprint density at radius 2 is 2.07 bits per heavy atom. The molecule has 0 bridgehead atoms. The van der Waals surface area contributed by atoms with Crippen molar-refractivity contribution in [1.29, 1.82) is 0 Å². The van der Waals surface area contributed by atoms with Crippen LogP contribution < -0.4 is 0 Å². The minimum Gasteiger partial charge on any atom is -0.461 e. The summed E-state index contributed by atoms with van der Waals surface area (Å²) in [5.41, 5.74) is 2.12. The molecule has 0 unspecified atom stereocenters. The van der Waals surface area contributed by atoms with E-state index in [1.54, 1.807) is 0 Å². The average molecular weight is 223 g/mol. The zero-order valence-electron chi connectivity index (χ0n) is 8.92. The van der Waals surface area contributed by atoms with Gasteiger partial charge in [0.15, 0.2) is 0 Å². The summed E-state index contributed by atoms with van der Waals surface area (Å²) in [7, 11) is 0. The maximum atomic E-state index is 5.97. The number of hydrogen-bond donors (Lipinski definition) is 0. The van der Waals surface area contributed by atoms with Crippen molar-refractivity contribution in [1.82, 2.24) is 0 Å². The zero-order valence-corrected chi connectivity index (χ0v) is 9.68. The lowest BCUT2D eigenvalue weighted by molar-refractivity contribution is 0.532. The molecule has 2 heteroatoms. The van der Waals surface area contributed by atoms with E-state index in [4.69, 9.17) is 16.0 Å². The number of hydrogen-bond acceptors (Lipinski definition) is 1. The molecule has 1 aromatic carbocycles. The molecule has 0 spiro atoms. The van der Waals surface area contributed by atoms with Crippen molar-refractivity contribution in [2.45, 2.75) is 32.1 Å². The van der Waals surface area contributed by atoms with Crippen molar-refractivity contribution in [2.75, 3.05) is 0 Å². The van der Waals surface area contributed by atoms with E-state index in [0.717, 1.165) is 24.2 Å². The molecule has 0 radical (unpaired) electrons. The summed E-state index contributed by atoms with van der Waals surface area (Å²) < 4.78 is 5.81. The lowest BCUT2D eigenvalue weighted by Gasteiger charge is -1.97. The van der Waals surface area contributed by atoms with Crippen molar-refractivity contribution in [3.8, 4) is 0 Å². The monoisotopic (exact) mass is 222 g/mol. The van der Waals surface area contributed by atoms with Gasteiger partial charge in [-0.3, -0.25) is 0 Å². The summed E-state index contributed by atoms with van der Waals surface area (Å²) in [6.07, 6.45) is 3.33. The number of alkyl halides is 1. The Balaban J connectivity index is 2.44. The van der Waals surface area contributed by atoms with E-state index in [2.05, 4.69) is 13.0 Å². The Bertz CT molecular complexity index is 445. The summed E-state index contributed by atoms with van der Waals surface area (Å²) in [5, 5.41) is 1.17. The van der Waals surface area contributed by atoms with Gasteiger partial charge in [0.1, 0.15) is 11.3 Å². The van der Waals surface area contributed by atoms with Crippen LogP contribution in [0.1, 0.15) is 31.1 Å². The number of unbranched alkanes of at least 4 members (excludes halogenated alkanes) is 1. The van der Waals surface area contributed by atoms with Crippen LogP contribution in [0.25, 0.3) is 11.0 Å². The molecule has 0 aliphatic rings. The van der Waals surface area contributed by atoms with E-state index in [9.17, 15) is 0 Å². The second-order valence-corrected chi connectivity index (χ2v) is 4.00. The molecule has 2 aromatic rings. The van der Waals surface area contributed by atoms with Gasteiger partial charge in [0.2, 0.25) is 0 Å². The number of fused-ring (bicyclic) bond motifs is 1. The van der Waals surface area contributed by atoms with Crippen LogP contribution in [0.15, 0.2) is 28.7 Å². The third-order valence-electron chi connectivity index (χ3n) is 2.67. The first-order valence-electron chi connectivity index (χ1n) is 5.42. The van der Waals surface area contributed by atoms with Gasteiger partial charge in [0.25, 0.3) is 0 Å². The lowest BCUT2D eigenvalue weighted by atomic mass is 10.1. The third-order valence-corrected chi connectivity index (χ3v) is 2.94. The highest BCUT2D eigenvalue weighted by Crippen LogP contribution is 2.28. The molecule has 0 saturated carbocycles. The summed E-state index contributed by atoms with van der Waals surface area (Å²) in [5.74, 6) is 1.60. The van der Waals surface area contributed by atoms with Crippen molar-refractivity contribution in [2.24, 2.45) is 0 Å². The molecule has 0 aliphatic heterocycles. The largest absolute Gasteiger partial charge is 0.461 e. The van der Waals surface area contributed by atoms with Gasteiger partial charge in [0.05, 0.1) is 5.88 Å². The highest BCUT2D eigenvalue weighted by molar-refractivity contribution is 6.18. The van der Waals surface area contributed by atoms with Crippen LogP contribution in [-0.4, -0.2) is 0 Å². The number of benzene rings is 1. The van der Waals surface area contributed by atoms with Gasteiger partial charge in [0, 0.05) is 17.4 Å². The van der Waals surface area contributed by atoms with Crippen molar-refractivity contribution >= 4 is 22.6 Å². The van der Waals surface area contributed by atoms with Gasteiger partial charge in [-0.25, -0.2) is 0 Å². The third kappa shape index (κ3) is 2.03. The van der Waals surface area contributed by atoms with Crippen LogP contribution in [0.5, 0.6) is 0 Å². The fourth-order valence-corrected chi connectivity index (χ4v) is 2.13. The molecule has 0 N–H and O–H groups in total. The van der Waals surface area contributed by atoms with E-state index in [1.165, 1.54) is 17.4 Å². The molecule has 0 atom stereocenters. The summed E-state index contributed by atoms with van der Waals surface area (Å²) in [6.45, 7) is 2.18. The van der Waals surface area contributed by atoms with Gasteiger partial charge in [-0.2, -0.15) is 0 Å². The maximum absolute atomic E-state index is 5.97. The number of aryl methyl sites for hydroxylation is 1. The first-order chi connectivity index (χ1) is 7.36. The van der Waals surface area contributed by atoms with Gasteiger partial charge < -0.3 is 4.42 Å². The van der Waals surface area contributed by atoms with E-state index >= 15 is 0 Å². The number of halogens is 1. The van der Waals surface area contributed by atoms with E-state index in [-0.39, 0.29) is 0 Å². The molecule has 0 saturated heterocycles. The summed E-state index contributed by atoms with van der Waals surface area (Å²) in [4.78, 5) is 0. The maximum Gasteiger partial charge on any atom is 0.134 e. The molecule has 0 aliphatic carbocycles. The first-order valence-corrected chi connectivity index (χ1v) is 5.95. The molecule has 1 aromatic heterocycles. The van der Waals surface area contributed by atoms with Gasteiger partial charge in [-0.1, -0.05) is 31.5 Å². The topological polar surface area (TPSA) is 13.1 Å². The van der Waals surface area contributed by atoms with Crippen LogP contribution in [0, 0.1) is 0 Å². The standard InChI is InChI=1S/C13H15ClO/c1-2-3-7-13-11(9-14)10-6-4-5-8-12(10)15-13/h4-6,8H,2-3,7,9H2,1H3. The number of rotatable bonds is 4. The zero-order chi connectivity index (χ0) is 10.7. The minimum atomic E-state index is 0.538. The number of para-hydroxylation sites is 1. The fraction of sp³-hybridized carbons (Fsp3) is 0.385. The molecule has 2 rings (SSSR count). The van der Waals surface area contributed by atoms with Crippen molar-refractivity contribution in [3.63, 3.8) is 0 Å². The SMILES string of the molecule is CCCCc1oc2ccccc2c1CCl. The van der Waals surface area contributed by atoms with E-state index < -0.39 is 0 Å². The first kappa shape index (κ1) is 10.6. The Morgan fingerprint density at radius 1 is 1.27 bits per heavy atom. The lowest BCUT2D eigenvalue weighted by Crippen LogP contribution is -1.86. The highest BCUT2D eigenvalue weighted by Gasteiger charge is 2.11. The second-order valence-electron chi connectivity index (χ2n) is 3.74. The van der Waals surface area contributed by atoms with Gasteiger partial charge in [-0.05, 0) is 12.5 Å². The Hall–Kier alpha value is -0.950. The molecular formula is C13H15ClO. The predicted molar refractivity (Wildman–Crippen MR) is 64.4 cm³/mol. The molecule has 0 amide bonds. The average Bonchev–Trinajstić information content (AvgIpc) is 2.63. The van der Waals surface area contributed by atoms with Crippen LogP contribution in [-0.2, 0) is 12.3 Å². The highest BCUT2D eigenvalue weighted by atomic mass is 35.5. The summed E-state index contributed by atoms with van der Waals surface area (Å²) >= 11 is 5.97. The summed E-state index contributed by atoms with van der Waals surface area (Å²) in [6, 6.07) is 8.10. The Kier molecular flexibility index (Phi) is 3.32. The molecule has 80 valence electrons. The molecule has 1 heterocycles. The van der Waals surface area contributed by atoms with Crippen molar-refractivity contribution < 1.29 is 4.42 Å². The molecule has 15 heavy (non-hydrogen) atoms. The second kappa shape index (κ2) is 4.71. The predicted octanol–water partition coefficient (Wildman–Crippen LogP) is 4.51. The normalized spacial score (nSPS) is 11.1. The fourth-order valence-electron chi connectivity index (χ4n) is 1.84. The quantitative estimate of drug-likeness (QED) is 0.694. The van der Waals surface area contributed by atoms with Crippen LogP contribution >= 0.6 is 11.6 Å². The smallest absolute Gasteiger partial charge is 0.134 e. The molecule has 1 nitrogen and oxygen atoms in total. The van der Waals surface area contributed by atoms with Crippen LogP contribution in [0.2, 0.25) is 0 Å². The Labute approximate surface area is 95.0 Å². The van der Waals surface area contributed by atoms with Crippen molar-refractivity contribution in [3.05, 3.63) is 35.6 Å². The van der Waals surface area contributed by atoms with Gasteiger partial charge in [-0.15, -0.1) is 11.6 Å². The Morgan fingerprint density at radius 3 is 2.80 bits per heavy atom. The minimum absolute atomic E-state index is 0.538.